The van der Waals surface area contributed by atoms with Crippen molar-refractivity contribution >= 4 is 16.7 Å². The second-order valence-electron chi connectivity index (χ2n) is 7.42. The van der Waals surface area contributed by atoms with Gasteiger partial charge in [-0.25, -0.2) is 0 Å². The third-order valence-electron chi connectivity index (χ3n) is 4.80. The molecule has 1 aliphatic heterocycles. The number of likely N-dealkylation sites (N-methyl/N-ethyl adjacent to an activating group) is 1. The highest BCUT2D eigenvalue weighted by Crippen LogP contribution is 2.28. The summed E-state index contributed by atoms with van der Waals surface area (Å²) in [6.45, 7) is 2.39. The van der Waals surface area contributed by atoms with Crippen molar-refractivity contribution in [3.8, 4) is 5.75 Å². The van der Waals surface area contributed by atoms with Crippen molar-refractivity contribution in [2.75, 3.05) is 40.3 Å². The Morgan fingerprint density at radius 1 is 1.15 bits per heavy atom. The van der Waals surface area contributed by atoms with Crippen LogP contribution in [0.4, 0.5) is 0 Å². The Hall–Kier alpha value is -1.82. The van der Waals surface area contributed by atoms with E-state index in [1.165, 1.54) is 6.42 Å². The van der Waals surface area contributed by atoms with Crippen molar-refractivity contribution in [2.24, 2.45) is 0 Å². The number of halogens is 1. The minimum absolute atomic E-state index is 0. The van der Waals surface area contributed by atoms with Crippen LogP contribution in [0.2, 0.25) is 0 Å². The van der Waals surface area contributed by atoms with E-state index >= 15 is 0 Å². The zero-order valence-corrected chi connectivity index (χ0v) is 16.8. The maximum atomic E-state index is 13.1. The smallest absolute Gasteiger partial charge is 0.257 e. The van der Waals surface area contributed by atoms with Crippen molar-refractivity contribution in [2.45, 2.75) is 25.4 Å². The van der Waals surface area contributed by atoms with Gasteiger partial charge in [-0.2, -0.15) is 0 Å². The van der Waals surface area contributed by atoms with E-state index in [0.29, 0.717) is 17.9 Å². The van der Waals surface area contributed by atoms with Gasteiger partial charge in [0.2, 0.25) is 0 Å². The molecule has 27 heavy (non-hydrogen) atoms. The lowest BCUT2D eigenvalue weighted by atomic mass is 10.0. The maximum absolute atomic E-state index is 13.1. The number of rotatable bonds is 6. The van der Waals surface area contributed by atoms with Crippen molar-refractivity contribution in [1.29, 1.82) is 0 Å². The largest absolute Gasteiger partial charge is 1.00 e. The van der Waals surface area contributed by atoms with Gasteiger partial charge in [-0.1, -0.05) is 24.3 Å². The minimum Gasteiger partial charge on any atom is -1.00 e. The number of nitrogens with one attached hydrogen (secondary N) is 1. The second-order valence-corrected chi connectivity index (χ2v) is 7.42. The monoisotopic (exact) mass is 392 g/mol. The lowest BCUT2D eigenvalue weighted by Crippen LogP contribution is -3.07. The van der Waals surface area contributed by atoms with Crippen molar-refractivity contribution in [1.82, 2.24) is 4.90 Å². The molecule has 5 nitrogen and oxygen atoms in total. The predicted molar refractivity (Wildman–Crippen MR) is 103 cm³/mol. The molecular formula is C21H29ClN2O3. The first-order valence-electron chi connectivity index (χ1n) is 9.46. The molecule has 1 unspecified atom stereocenters. The van der Waals surface area contributed by atoms with Crippen molar-refractivity contribution in [3.63, 3.8) is 0 Å². The number of carbonyl (C=O) groups excluding carboxylic acids is 1. The molecule has 0 spiro atoms. The van der Waals surface area contributed by atoms with Gasteiger partial charge in [0.1, 0.15) is 25.0 Å². The van der Waals surface area contributed by atoms with Crippen molar-refractivity contribution in [3.05, 3.63) is 42.0 Å². The number of piperidine rings is 1. The van der Waals surface area contributed by atoms with E-state index in [4.69, 9.17) is 4.74 Å². The van der Waals surface area contributed by atoms with Crippen LogP contribution in [-0.2, 0) is 0 Å². The Morgan fingerprint density at radius 3 is 2.41 bits per heavy atom. The molecule has 2 aromatic carbocycles. The number of benzene rings is 2. The van der Waals surface area contributed by atoms with E-state index in [1.807, 2.05) is 55.4 Å². The van der Waals surface area contributed by atoms with Gasteiger partial charge in [-0.05, 0) is 42.2 Å². The predicted octanol–water partition coefficient (Wildman–Crippen LogP) is -1.65. The average molecular weight is 393 g/mol. The molecule has 6 heteroatoms. The molecule has 1 saturated heterocycles. The summed E-state index contributed by atoms with van der Waals surface area (Å²) in [4.78, 5) is 16.1. The van der Waals surface area contributed by atoms with Crippen LogP contribution in [0.5, 0.6) is 5.75 Å². The molecule has 0 bridgehead atoms. The summed E-state index contributed by atoms with van der Waals surface area (Å²) < 4.78 is 5.91. The van der Waals surface area contributed by atoms with Gasteiger partial charge in [0.15, 0.2) is 0 Å². The quantitative estimate of drug-likeness (QED) is 0.619. The summed E-state index contributed by atoms with van der Waals surface area (Å²) >= 11 is 0. The van der Waals surface area contributed by atoms with Crippen LogP contribution in [0, 0.1) is 0 Å². The Bertz CT molecular complexity index is 760. The van der Waals surface area contributed by atoms with Gasteiger partial charge in [0.05, 0.1) is 19.7 Å². The van der Waals surface area contributed by atoms with Gasteiger partial charge >= 0.3 is 0 Å². The lowest BCUT2D eigenvalue weighted by Gasteiger charge is -2.27. The fourth-order valence-corrected chi connectivity index (χ4v) is 3.49. The van der Waals surface area contributed by atoms with Gasteiger partial charge in [0, 0.05) is 13.1 Å². The second kappa shape index (κ2) is 9.93. The number of nitrogens with zero attached hydrogens (tertiary/aromatic N) is 1. The molecule has 0 radical (unpaired) electrons. The topological polar surface area (TPSA) is 54.2 Å². The Balaban J connectivity index is 0.00000261. The molecular weight excluding hydrogens is 364 g/mol. The van der Waals surface area contributed by atoms with Crippen LogP contribution in [0.3, 0.4) is 0 Å². The fraction of sp³-hybridized carbons (Fsp3) is 0.476. The van der Waals surface area contributed by atoms with Gasteiger partial charge in [0.25, 0.3) is 5.91 Å². The molecule has 1 atom stereocenters. The molecule has 1 amide bonds. The molecule has 148 valence electrons. The number of quaternary nitrogens is 1. The molecule has 0 aromatic heterocycles. The zero-order valence-electron chi connectivity index (χ0n) is 16.1. The third-order valence-corrected chi connectivity index (χ3v) is 4.80. The Morgan fingerprint density at radius 2 is 1.78 bits per heavy atom. The number of carbonyl (C=O) groups is 1. The zero-order chi connectivity index (χ0) is 18.5. The van der Waals surface area contributed by atoms with E-state index in [0.717, 1.165) is 41.6 Å². The normalized spacial score (nSPS) is 15.5. The molecule has 2 N–H and O–H groups in total. The third kappa shape index (κ3) is 5.58. The number of ether oxygens (including phenoxy) is 1. The number of aliphatic hydroxyl groups is 1. The lowest BCUT2D eigenvalue weighted by molar-refractivity contribution is -0.861. The highest BCUT2D eigenvalue weighted by Gasteiger charge is 2.23. The summed E-state index contributed by atoms with van der Waals surface area (Å²) in [5.41, 5.74) is 0.593. The molecule has 2 aromatic rings. The van der Waals surface area contributed by atoms with Crippen LogP contribution in [0.1, 0.15) is 29.6 Å². The van der Waals surface area contributed by atoms with Crippen LogP contribution in [-0.4, -0.2) is 62.4 Å². The fourth-order valence-electron chi connectivity index (χ4n) is 3.49. The molecule has 1 fully saturated rings. The Labute approximate surface area is 167 Å². The first-order chi connectivity index (χ1) is 12.5. The highest BCUT2D eigenvalue weighted by molar-refractivity contribution is 6.01. The minimum atomic E-state index is -0.565. The van der Waals surface area contributed by atoms with Crippen molar-refractivity contribution < 1.29 is 31.9 Å². The summed E-state index contributed by atoms with van der Waals surface area (Å²) in [6.07, 6.45) is 2.73. The molecule has 3 rings (SSSR count). The molecule has 1 heterocycles. The van der Waals surface area contributed by atoms with E-state index in [-0.39, 0.29) is 24.9 Å². The van der Waals surface area contributed by atoms with E-state index in [2.05, 4.69) is 0 Å². The highest BCUT2D eigenvalue weighted by atomic mass is 35.5. The number of fused-ring (bicyclic) bond motifs is 1. The summed E-state index contributed by atoms with van der Waals surface area (Å²) in [5.74, 6) is 0.588. The van der Waals surface area contributed by atoms with Gasteiger partial charge in [-0.15, -0.1) is 0 Å². The first-order valence-corrected chi connectivity index (χ1v) is 9.46. The van der Waals surface area contributed by atoms with E-state index in [9.17, 15) is 9.90 Å². The number of hydrogen-bond acceptors (Lipinski definition) is 3. The maximum Gasteiger partial charge on any atom is 0.257 e. The molecule has 1 aliphatic rings. The SMILES string of the molecule is C[NH+](C)CC(O)COc1cc2ccccc2cc1C(=O)N1CCCCC1.[Cl-]. The molecule has 0 aliphatic carbocycles. The van der Waals surface area contributed by atoms with Crippen LogP contribution < -0.4 is 22.0 Å². The van der Waals surface area contributed by atoms with E-state index in [1.54, 1.807) is 0 Å². The standard InChI is InChI=1S/C21H28N2O3.ClH/c1-22(2)14-18(24)15-26-20-13-17-9-5-4-8-16(17)12-19(20)21(25)23-10-6-3-7-11-23;/h4-5,8-9,12-13,18,24H,3,6-7,10-11,14-15H2,1-2H3;1H. The summed E-state index contributed by atoms with van der Waals surface area (Å²) in [7, 11) is 3.98. The summed E-state index contributed by atoms with van der Waals surface area (Å²) in [6, 6.07) is 11.8. The van der Waals surface area contributed by atoms with E-state index < -0.39 is 6.10 Å². The summed E-state index contributed by atoms with van der Waals surface area (Å²) in [5, 5.41) is 12.2. The van der Waals surface area contributed by atoms with Crippen LogP contribution in [0.15, 0.2) is 36.4 Å². The number of hydrogen-bond donors (Lipinski definition) is 2. The number of aliphatic hydroxyl groups excluding tert-OH is 1. The van der Waals surface area contributed by atoms with Gasteiger partial charge in [-0.3, -0.25) is 4.79 Å². The van der Waals surface area contributed by atoms with Crippen LogP contribution >= 0.6 is 0 Å². The average Bonchev–Trinajstić information content (AvgIpc) is 2.65. The first kappa shape index (κ1) is 21.5. The number of likely N-dealkylation sites (tertiary alicyclic amines) is 1. The van der Waals surface area contributed by atoms with Crippen LogP contribution in [0.25, 0.3) is 10.8 Å². The number of amides is 1. The molecule has 0 saturated carbocycles. The Kier molecular flexibility index (Phi) is 7.90. The van der Waals surface area contributed by atoms with Gasteiger partial charge < -0.3 is 32.1 Å².